The fourth-order valence-corrected chi connectivity index (χ4v) is 5.10. The molecule has 4 heterocycles. The summed E-state index contributed by atoms with van der Waals surface area (Å²) in [7, 11) is 0. The molecule has 0 bridgehead atoms. The maximum Gasteiger partial charge on any atom is 0.433 e. The number of anilines is 1. The lowest BCUT2D eigenvalue weighted by Crippen LogP contribution is -2.39. The van der Waals surface area contributed by atoms with Crippen LogP contribution in [0.4, 0.5) is 18.9 Å². The number of piperidine rings is 1. The van der Waals surface area contributed by atoms with E-state index in [1.165, 1.54) is 25.5 Å². The van der Waals surface area contributed by atoms with Crippen LogP contribution >= 0.6 is 0 Å². The van der Waals surface area contributed by atoms with Gasteiger partial charge in [0.05, 0.1) is 5.69 Å². The zero-order valence-corrected chi connectivity index (χ0v) is 17.8. The third-order valence-electron chi connectivity index (χ3n) is 6.97. The number of halogens is 3. The van der Waals surface area contributed by atoms with Gasteiger partial charge in [0.1, 0.15) is 11.4 Å². The van der Waals surface area contributed by atoms with Gasteiger partial charge in [-0.1, -0.05) is 0 Å². The Balaban J connectivity index is 1.40. The number of amides is 1. The smallest absolute Gasteiger partial charge is 0.371 e. The largest absolute Gasteiger partial charge is 0.433 e. The highest BCUT2D eigenvalue weighted by molar-refractivity contribution is 5.92. The van der Waals surface area contributed by atoms with Gasteiger partial charge in [-0.3, -0.25) is 14.7 Å². The SMILES string of the molecule is NC(=O)c1cc(N2CCCC3(CC3)C2)c2c(n1)CN(Cc1ccnc(C(F)(F)F)c1)CC2. The van der Waals surface area contributed by atoms with Gasteiger partial charge in [-0.15, -0.1) is 0 Å². The number of primary amides is 1. The number of carbonyl (C=O) groups is 1. The van der Waals surface area contributed by atoms with E-state index in [1.54, 1.807) is 6.07 Å². The average Bonchev–Trinajstić information content (AvgIpc) is 3.50. The molecule has 0 atom stereocenters. The quantitative estimate of drug-likeness (QED) is 0.779. The van der Waals surface area contributed by atoms with E-state index in [2.05, 4.69) is 19.8 Å². The van der Waals surface area contributed by atoms with Crippen LogP contribution in [0.1, 0.15) is 58.7 Å². The minimum Gasteiger partial charge on any atom is -0.371 e. The van der Waals surface area contributed by atoms with Crippen molar-refractivity contribution in [3.63, 3.8) is 0 Å². The number of rotatable bonds is 4. The number of nitrogens with zero attached hydrogens (tertiary/aromatic N) is 4. The lowest BCUT2D eigenvalue weighted by molar-refractivity contribution is -0.141. The number of nitrogens with two attached hydrogens (primary N) is 1. The topological polar surface area (TPSA) is 75.4 Å². The Bertz CT molecular complexity index is 1050. The van der Waals surface area contributed by atoms with E-state index >= 15 is 0 Å². The van der Waals surface area contributed by atoms with Gasteiger partial charge in [0.2, 0.25) is 0 Å². The first kappa shape index (κ1) is 21.2. The molecular weight excluding hydrogens is 419 g/mol. The lowest BCUT2D eigenvalue weighted by Gasteiger charge is -2.38. The van der Waals surface area contributed by atoms with Gasteiger partial charge < -0.3 is 10.6 Å². The van der Waals surface area contributed by atoms with Gasteiger partial charge >= 0.3 is 6.18 Å². The molecule has 2 N–H and O–H groups in total. The molecule has 0 aromatic carbocycles. The molecule has 3 aliphatic rings. The third-order valence-corrected chi connectivity index (χ3v) is 6.97. The molecule has 0 radical (unpaired) electrons. The highest BCUT2D eigenvalue weighted by Gasteiger charge is 2.46. The molecule has 2 aromatic rings. The van der Waals surface area contributed by atoms with Crippen molar-refractivity contribution < 1.29 is 18.0 Å². The Labute approximate surface area is 184 Å². The number of aromatic nitrogens is 2. The molecule has 6 nitrogen and oxygen atoms in total. The highest BCUT2D eigenvalue weighted by Crippen LogP contribution is 2.53. The summed E-state index contributed by atoms with van der Waals surface area (Å²) in [6, 6.07) is 4.53. The van der Waals surface area contributed by atoms with Crippen LogP contribution in [0, 0.1) is 5.41 Å². The Morgan fingerprint density at radius 2 is 2.00 bits per heavy atom. The Morgan fingerprint density at radius 3 is 2.72 bits per heavy atom. The van der Waals surface area contributed by atoms with E-state index < -0.39 is 17.8 Å². The van der Waals surface area contributed by atoms with Crippen molar-refractivity contribution in [2.45, 2.75) is 51.4 Å². The van der Waals surface area contributed by atoms with Crippen molar-refractivity contribution in [3.05, 3.63) is 52.6 Å². The first-order valence-electron chi connectivity index (χ1n) is 11.0. The molecule has 1 amide bonds. The predicted molar refractivity (Wildman–Crippen MR) is 113 cm³/mol. The summed E-state index contributed by atoms with van der Waals surface area (Å²) in [5.74, 6) is -0.562. The van der Waals surface area contributed by atoms with E-state index in [0.29, 0.717) is 30.6 Å². The van der Waals surface area contributed by atoms with E-state index in [-0.39, 0.29) is 5.69 Å². The second-order valence-corrected chi connectivity index (χ2v) is 9.35. The van der Waals surface area contributed by atoms with Crippen LogP contribution in [-0.2, 0) is 25.7 Å². The molecule has 1 saturated heterocycles. The fourth-order valence-electron chi connectivity index (χ4n) is 5.10. The van der Waals surface area contributed by atoms with Crippen molar-refractivity contribution >= 4 is 11.6 Å². The Hall–Kier alpha value is -2.68. The molecule has 9 heteroatoms. The summed E-state index contributed by atoms with van der Waals surface area (Å²) in [5, 5.41) is 0. The van der Waals surface area contributed by atoms with E-state index in [1.807, 2.05) is 6.07 Å². The first-order chi connectivity index (χ1) is 15.2. The molecule has 5 rings (SSSR count). The van der Waals surface area contributed by atoms with E-state index in [0.717, 1.165) is 48.9 Å². The summed E-state index contributed by atoms with van der Waals surface area (Å²) >= 11 is 0. The molecule has 170 valence electrons. The van der Waals surface area contributed by atoms with E-state index in [9.17, 15) is 18.0 Å². The van der Waals surface area contributed by atoms with Crippen molar-refractivity contribution in [1.29, 1.82) is 0 Å². The average molecular weight is 445 g/mol. The number of fused-ring (bicyclic) bond motifs is 1. The highest BCUT2D eigenvalue weighted by atomic mass is 19.4. The van der Waals surface area contributed by atoms with Crippen molar-refractivity contribution in [1.82, 2.24) is 14.9 Å². The van der Waals surface area contributed by atoms with Gasteiger partial charge in [0.15, 0.2) is 0 Å². The Morgan fingerprint density at radius 1 is 1.19 bits per heavy atom. The maximum atomic E-state index is 13.0. The molecule has 32 heavy (non-hydrogen) atoms. The lowest BCUT2D eigenvalue weighted by atomic mass is 9.93. The van der Waals surface area contributed by atoms with Crippen molar-refractivity contribution in [3.8, 4) is 0 Å². The molecule has 0 unspecified atom stereocenters. The zero-order valence-electron chi connectivity index (χ0n) is 17.8. The normalized spacial score (nSPS) is 20.3. The van der Waals surface area contributed by atoms with Crippen molar-refractivity contribution in [2.75, 3.05) is 24.5 Å². The zero-order chi connectivity index (χ0) is 22.5. The minimum absolute atomic E-state index is 0.249. The van der Waals surface area contributed by atoms with Gasteiger partial charge in [-0.05, 0) is 66.8 Å². The molecule has 1 aliphatic carbocycles. The molecule has 1 spiro atoms. The molecule has 2 fully saturated rings. The minimum atomic E-state index is -4.47. The van der Waals surface area contributed by atoms with Crippen LogP contribution in [0.3, 0.4) is 0 Å². The van der Waals surface area contributed by atoms with Gasteiger partial charge in [-0.25, -0.2) is 4.98 Å². The standard InChI is InChI=1S/C23H26F3N5O/c24-23(25,26)20-10-15(2-7-28-20)12-30-9-3-16-18(13-30)29-17(21(27)32)11-19(16)31-8-1-4-22(14-31)5-6-22/h2,7,10-11H,1,3-6,8-9,12-14H2,(H2,27,32). The fraction of sp³-hybridized carbons (Fsp3) is 0.522. The van der Waals surface area contributed by atoms with E-state index in [4.69, 9.17) is 5.73 Å². The van der Waals surface area contributed by atoms with Crippen LogP contribution in [-0.4, -0.2) is 40.4 Å². The molecular formula is C23H26F3N5O. The van der Waals surface area contributed by atoms with Crippen molar-refractivity contribution in [2.24, 2.45) is 11.1 Å². The van der Waals surface area contributed by atoms with Crippen LogP contribution in [0.2, 0.25) is 0 Å². The first-order valence-corrected chi connectivity index (χ1v) is 11.0. The van der Waals surface area contributed by atoms with Gasteiger partial charge in [-0.2, -0.15) is 13.2 Å². The second-order valence-electron chi connectivity index (χ2n) is 9.35. The van der Waals surface area contributed by atoms with Gasteiger partial charge in [0.25, 0.3) is 5.91 Å². The van der Waals surface area contributed by atoms with Crippen LogP contribution in [0.15, 0.2) is 24.4 Å². The van der Waals surface area contributed by atoms with Crippen LogP contribution in [0.25, 0.3) is 0 Å². The summed E-state index contributed by atoms with van der Waals surface area (Å²) < 4.78 is 39.0. The molecule has 2 aliphatic heterocycles. The molecule has 1 saturated carbocycles. The summed E-state index contributed by atoms with van der Waals surface area (Å²) in [5.41, 5.74) is 8.90. The summed E-state index contributed by atoms with van der Waals surface area (Å²) in [4.78, 5) is 24.4. The molecule has 2 aromatic heterocycles. The number of carbonyl (C=O) groups excluding carboxylic acids is 1. The number of pyridine rings is 2. The third kappa shape index (κ3) is 4.18. The summed E-state index contributed by atoms with van der Waals surface area (Å²) in [6.07, 6.45) is 2.39. The summed E-state index contributed by atoms with van der Waals surface area (Å²) in [6.45, 7) is 3.49. The van der Waals surface area contributed by atoms with Gasteiger partial charge in [0, 0.05) is 44.6 Å². The number of hydrogen-bond donors (Lipinski definition) is 1. The maximum absolute atomic E-state index is 13.0. The second kappa shape index (κ2) is 7.72. The predicted octanol–water partition coefficient (Wildman–Crippen LogP) is 3.53. The number of alkyl halides is 3. The van der Waals surface area contributed by atoms with Crippen LogP contribution < -0.4 is 10.6 Å². The van der Waals surface area contributed by atoms with Crippen LogP contribution in [0.5, 0.6) is 0 Å². The number of hydrogen-bond acceptors (Lipinski definition) is 5. The Kier molecular flexibility index (Phi) is 5.11. The monoisotopic (exact) mass is 445 g/mol.